The molecule has 0 fully saturated rings. The van der Waals surface area contributed by atoms with E-state index in [1.54, 1.807) is 0 Å². The number of nitrogens with zero attached hydrogens (tertiary/aromatic N) is 1. The Morgan fingerprint density at radius 2 is 2.15 bits per heavy atom. The second-order valence-electron chi connectivity index (χ2n) is 4.05. The summed E-state index contributed by atoms with van der Waals surface area (Å²) in [6.45, 7) is 9.57. The van der Waals surface area contributed by atoms with Crippen molar-refractivity contribution < 1.29 is 9.28 Å². The maximum absolute atomic E-state index is 11.0. The van der Waals surface area contributed by atoms with Crippen molar-refractivity contribution in [1.29, 1.82) is 0 Å². The van der Waals surface area contributed by atoms with Crippen LogP contribution in [0.4, 0.5) is 0 Å². The zero-order chi connectivity index (χ0) is 10.5. The van der Waals surface area contributed by atoms with Crippen molar-refractivity contribution in [3.63, 3.8) is 0 Å². The number of hydrogen-bond donors (Lipinski definition) is 1. The third-order valence-corrected chi connectivity index (χ3v) is 2.20. The van der Waals surface area contributed by atoms with Gasteiger partial charge < -0.3 is 9.80 Å². The molecule has 0 heterocycles. The van der Waals surface area contributed by atoms with Crippen molar-refractivity contribution in [2.45, 2.75) is 19.9 Å². The number of carbonyl (C=O) groups excluding carboxylic acids is 1. The maximum atomic E-state index is 11.0. The van der Waals surface area contributed by atoms with Gasteiger partial charge in [0, 0.05) is 0 Å². The van der Waals surface area contributed by atoms with Gasteiger partial charge in [0.25, 0.3) is 0 Å². The summed E-state index contributed by atoms with van der Waals surface area (Å²) in [6, 6.07) is 0.195. The third kappa shape index (κ3) is 5.42. The molecular weight excluding hydrogens is 164 g/mol. The van der Waals surface area contributed by atoms with E-state index in [-0.39, 0.29) is 11.9 Å². The van der Waals surface area contributed by atoms with E-state index in [4.69, 9.17) is 0 Å². The molecule has 0 aliphatic carbocycles. The quantitative estimate of drug-likeness (QED) is 0.497. The summed E-state index contributed by atoms with van der Waals surface area (Å²) in [5, 5.41) is 2.85. The van der Waals surface area contributed by atoms with Gasteiger partial charge in [-0.05, 0) is 19.9 Å². The van der Waals surface area contributed by atoms with E-state index >= 15 is 0 Å². The first-order valence-corrected chi connectivity index (χ1v) is 4.66. The number of amides is 1. The van der Waals surface area contributed by atoms with Crippen molar-refractivity contribution in [2.75, 3.05) is 27.2 Å². The zero-order valence-corrected chi connectivity index (χ0v) is 9.13. The molecule has 3 nitrogen and oxygen atoms in total. The smallest absolute Gasteiger partial charge is 0.243 e. The minimum absolute atomic E-state index is 0.0939. The van der Waals surface area contributed by atoms with E-state index in [1.807, 2.05) is 6.92 Å². The Hall–Kier alpha value is -0.830. The van der Waals surface area contributed by atoms with Crippen LogP contribution in [0.2, 0.25) is 0 Å². The van der Waals surface area contributed by atoms with Gasteiger partial charge in [-0.1, -0.05) is 6.58 Å². The summed E-state index contributed by atoms with van der Waals surface area (Å²) in [4.78, 5) is 11.0. The van der Waals surface area contributed by atoms with E-state index in [0.29, 0.717) is 0 Å². The lowest BCUT2D eigenvalue weighted by Gasteiger charge is -2.31. The van der Waals surface area contributed by atoms with Crippen LogP contribution in [-0.4, -0.2) is 43.6 Å². The van der Waals surface area contributed by atoms with E-state index in [0.717, 1.165) is 17.6 Å². The van der Waals surface area contributed by atoms with Crippen LogP contribution < -0.4 is 5.32 Å². The first-order valence-electron chi connectivity index (χ1n) is 4.66. The summed E-state index contributed by atoms with van der Waals surface area (Å²) < 4.78 is 0.915. The summed E-state index contributed by atoms with van der Waals surface area (Å²) in [7, 11) is 4.30. The fraction of sp³-hybridized carbons (Fsp3) is 0.700. The highest BCUT2D eigenvalue weighted by molar-refractivity contribution is 5.87. The number of likely N-dealkylation sites (N-methyl/N-ethyl adjacent to an activating group) is 1. The lowest BCUT2D eigenvalue weighted by atomic mass is 10.3. The Bertz CT molecular complexity index is 187. The molecule has 0 bridgehead atoms. The van der Waals surface area contributed by atoms with Crippen molar-refractivity contribution in [2.24, 2.45) is 0 Å². The predicted octanol–water partition coefficient (Wildman–Crippen LogP) is 0.773. The van der Waals surface area contributed by atoms with Gasteiger partial charge in [-0.15, -0.1) is 0 Å². The molecular formula is C10H21N2O+. The first kappa shape index (κ1) is 12.2. The van der Waals surface area contributed by atoms with Crippen LogP contribution in [0.15, 0.2) is 12.7 Å². The molecule has 0 aliphatic heterocycles. The Labute approximate surface area is 81.0 Å². The van der Waals surface area contributed by atoms with Crippen molar-refractivity contribution in [1.82, 2.24) is 5.32 Å². The average molecular weight is 185 g/mol. The number of carbonyl (C=O) groups is 1. The fourth-order valence-electron chi connectivity index (χ4n) is 1.22. The Morgan fingerprint density at radius 3 is 2.54 bits per heavy atom. The standard InChI is InChI=1S/C10H20N2O/c1-6-10(13)11-9(3)8-12(4,5)7-2/h6,9H,1,7-8H2,2-5H3/p+1. The number of rotatable bonds is 5. The molecule has 0 aromatic carbocycles. The Morgan fingerprint density at radius 1 is 1.62 bits per heavy atom. The molecule has 0 radical (unpaired) electrons. The number of hydrogen-bond acceptors (Lipinski definition) is 1. The van der Waals surface area contributed by atoms with Gasteiger partial charge >= 0.3 is 0 Å². The summed E-state index contributed by atoms with van der Waals surface area (Å²) in [5.74, 6) is -0.0939. The average Bonchev–Trinajstić information content (AvgIpc) is 2.03. The number of nitrogens with one attached hydrogen (secondary N) is 1. The molecule has 0 rings (SSSR count). The van der Waals surface area contributed by atoms with E-state index in [2.05, 4.69) is 32.9 Å². The molecule has 3 heteroatoms. The minimum atomic E-state index is -0.0939. The molecule has 76 valence electrons. The predicted molar refractivity (Wildman–Crippen MR) is 55.3 cm³/mol. The van der Waals surface area contributed by atoms with Crippen molar-refractivity contribution in [3.05, 3.63) is 12.7 Å². The Kier molecular flexibility index (Phi) is 4.70. The monoisotopic (exact) mass is 185 g/mol. The van der Waals surface area contributed by atoms with Gasteiger partial charge in [0.2, 0.25) is 5.91 Å². The fourth-order valence-corrected chi connectivity index (χ4v) is 1.22. The lowest BCUT2D eigenvalue weighted by Crippen LogP contribution is -2.49. The van der Waals surface area contributed by atoms with Gasteiger partial charge in [-0.3, -0.25) is 4.79 Å². The van der Waals surface area contributed by atoms with Gasteiger partial charge in [0.1, 0.15) is 0 Å². The second-order valence-corrected chi connectivity index (χ2v) is 4.05. The topological polar surface area (TPSA) is 29.1 Å². The van der Waals surface area contributed by atoms with Crippen molar-refractivity contribution in [3.8, 4) is 0 Å². The molecule has 1 atom stereocenters. The molecule has 0 spiro atoms. The molecule has 0 aromatic heterocycles. The normalized spacial score (nSPS) is 13.5. The SMILES string of the molecule is C=CC(=O)NC(C)C[N+](C)(C)CC. The molecule has 1 amide bonds. The highest BCUT2D eigenvalue weighted by Crippen LogP contribution is 1.98. The molecule has 1 N–H and O–H groups in total. The second kappa shape index (κ2) is 5.02. The van der Waals surface area contributed by atoms with Crippen LogP contribution in [-0.2, 0) is 4.79 Å². The van der Waals surface area contributed by atoms with Crippen LogP contribution >= 0.6 is 0 Å². The molecule has 0 saturated carbocycles. The Balaban J connectivity index is 3.93. The van der Waals surface area contributed by atoms with Crippen LogP contribution in [0.3, 0.4) is 0 Å². The van der Waals surface area contributed by atoms with Crippen LogP contribution in [0, 0.1) is 0 Å². The first-order chi connectivity index (χ1) is 5.91. The van der Waals surface area contributed by atoms with Gasteiger partial charge in [0.05, 0.1) is 33.2 Å². The largest absolute Gasteiger partial charge is 0.344 e. The number of quaternary nitrogens is 1. The molecule has 0 aromatic rings. The maximum Gasteiger partial charge on any atom is 0.243 e. The van der Waals surface area contributed by atoms with Gasteiger partial charge in [0.15, 0.2) is 0 Å². The summed E-state index contributed by atoms with van der Waals surface area (Å²) >= 11 is 0. The highest BCUT2D eigenvalue weighted by Gasteiger charge is 2.17. The molecule has 1 unspecified atom stereocenters. The third-order valence-electron chi connectivity index (χ3n) is 2.20. The molecule has 13 heavy (non-hydrogen) atoms. The van der Waals surface area contributed by atoms with Crippen LogP contribution in [0.5, 0.6) is 0 Å². The minimum Gasteiger partial charge on any atom is -0.344 e. The van der Waals surface area contributed by atoms with Gasteiger partial charge in [-0.2, -0.15) is 0 Å². The lowest BCUT2D eigenvalue weighted by molar-refractivity contribution is -0.889. The van der Waals surface area contributed by atoms with E-state index < -0.39 is 0 Å². The van der Waals surface area contributed by atoms with E-state index in [9.17, 15) is 4.79 Å². The summed E-state index contributed by atoms with van der Waals surface area (Å²) in [6.07, 6.45) is 1.31. The van der Waals surface area contributed by atoms with Crippen LogP contribution in [0.1, 0.15) is 13.8 Å². The summed E-state index contributed by atoms with van der Waals surface area (Å²) in [5.41, 5.74) is 0. The van der Waals surface area contributed by atoms with Crippen molar-refractivity contribution >= 4 is 5.91 Å². The zero-order valence-electron chi connectivity index (χ0n) is 9.13. The van der Waals surface area contributed by atoms with E-state index in [1.165, 1.54) is 6.08 Å². The highest BCUT2D eigenvalue weighted by atomic mass is 16.1. The van der Waals surface area contributed by atoms with Crippen LogP contribution in [0.25, 0.3) is 0 Å². The molecule has 0 saturated heterocycles. The molecule has 0 aliphatic rings. The van der Waals surface area contributed by atoms with Gasteiger partial charge in [-0.25, -0.2) is 0 Å².